The van der Waals surface area contributed by atoms with Crippen molar-refractivity contribution >= 4 is 6.08 Å². The van der Waals surface area contributed by atoms with Gasteiger partial charge in [0.05, 0.1) is 6.07 Å². The molecule has 0 N–H and O–H groups in total. The summed E-state index contributed by atoms with van der Waals surface area (Å²) in [7, 11) is 0. The van der Waals surface area contributed by atoms with E-state index < -0.39 is 0 Å². The molecule has 0 fully saturated rings. The fourth-order valence-electron chi connectivity index (χ4n) is 1.07. The van der Waals surface area contributed by atoms with Crippen LogP contribution in [0.3, 0.4) is 0 Å². The molecule has 0 saturated heterocycles. The third-order valence-corrected chi connectivity index (χ3v) is 1.91. The van der Waals surface area contributed by atoms with Crippen LogP contribution in [0.2, 0.25) is 0 Å². The van der Waals surface area contributed by atoms with Crippen molar-refractivity contribution in [1.29, 1.82) is 5.26 Å². The second kappa shape index (κ2) is 5.77. The first-order valence-electron chi connectivity index (χ1n) is 4.69. The number of nitrogens with zero attached hydrogens (tertiary/aromatic N) is 1. The van der Waals surface area contributed by atoms with E-state index in [2.05, 4.69) is 6.07 Å². The largest absolute Gasteiger partial charge is 0.193 e. The van der Waals surface area contributed by atoms with E-state index >= 15 is 0 Å². The van der Waals surface area contributed by atoms with Crippen molar-refractivity contribution in [3.05, 3.63) is 53.6 Å². The van der Waals surface area contributed by atoms with Crippen LogP contribution in [0.4, 0.5) is 0 Å². The standard InChI is InChI=1S/C13H13N/c1-2-12(11-14)9-6-10-13-7-4-3-5-8-13/h3-10H,2H2,1H3/b10-6+,12-9-. The minimum atomic E-state index is 0.787. The molecule has 0 heterocycles. The maximum Gasteiger partial charge on any atom is 0.0946 e. The van der Waals surface area contributed by atoms with E-state index in [1.807, 2.05) is 55.5 Å². The number of rotatable bonds is 3. The molecule has 0 atom stereocenters. The van der Waals surface area contributed by atoms with E-state index in [-0.39, 0.29) is 0 Å². The summed E-state index contributed by atoms with van der Waals surface area (Å²) >= 11 is 0. The van der Waals surface area contributed by atoms with E-state index in [1.165, 1.54) is 0 Å². The molecule has 1 rings (SSSR count). The van der Waals surface area contributed by atoms with Gasteiger partial charge in [-0.15, -0.1) is 0 Å². The molecule has 0 amide bonds. The molecule has 1 aromatic carbocycles. The smallest absolute Gasteiger partial charge is 0.0946 e. The predicted octanol–water partition coefficient (Wildman–Crippen LogP) is 3.56. The van der Waals surface area contributed by atoms with Crippen LogP contribution in [-0.2, 0) is 0 Å². The van der Waals surface area contributed by atoms with Crippen LogP contribution < -0.4 is 0 Å². The van der Waals surface area contributed by atoms with E-state index in [9.17, 15) is 0 Å². The monoisotopic (exact) mass is 183 g/mol. The first kappa shape index (κ1) is 10.3. The normalized spacial score (nSPS) is 11.6. The van der Waals surface area contributed by atoms with Crippen LogP contribution in [0, 0.1) is 11.3 Å². The summed E-state index contributed by atoms with van der Waals surface area (Å²) in [5.41, 5.74) is 1.95. The Labute approximate surface area is 85.0 Å². The van der Waals surface area contributed by atoms with Gasteiger partial charge in [-0.1, -0.05) is 49.4 Å². The van der Waals surface area contributed by atoms with Gasteiger partial charge in [-0.05, 0) is 18.1 Å². The van der Waals surface area contributed by atoms with Gasteiger partial charge in [-0.25, -0.2) is 0 Å². The fraction of sp³-hybridized carbons (Fsp3) is 0.154. The summed E-state index contributed by atoms with van der Waals surface area (Å²) in [5.74, 6) is 0. The van der Waals surface area contributed by atoms with Crippen LogP contribution in [-0.4, -0.2) is 0 Å². The zero-order valence-corrected chi connectivity index (χ0v) is 8.27. The van der Waals surface area contributed by atoms with Gasteiger partial charge in [0.15, 0.2) is 0 Å². The Bertz CT molecular complexity index is 366. The molecule has 14 heavy (non-hydrogen) atoms. The Hall–Kier alpha value is -1.81. The molecular formula is C13H13N. The third kappa shape index (κ3) is 3.28. The number of hydrogen-bond acceptors (Lipinski definition) is 1. The molecule has 0 saturated carbocycles. The SMILES string of the molecule is CC/C(C#N)=C/C=C/c1ccccc1. The Balaban J connectivity index is 2.67. The molecule has 0 aliphatic heterocycles. The molecular weight excluding hydrogens is 170 g/mol. The molecule has 0 unspecified atom stereocenters. The molecule has 1 heteroatoms. The minimum absolute atomic E-state index is 0.787. The zero-order chi connectivity index (χ0) is 10.2. The number of benzene rings is 1. The van der Waals surface area contributed by atoms with Gasteiger partial charge < -0.3 is 0 Å². The predicted molar refractivity (Wildman–Crippen MR) is 59.5 cm³/mol. The Morgan fingerprint density at radius 1 is 1.36 bits per heavy atom. The molecule has 0 aliphatic carbocycles. The Morgan fingerprint density at radius 2 is 2.07 bits per heavy atom. The van der Waals surface area contributed by atoms with Crippen molar-refractivity contribution in [1.82, 2.24) is 0 Å². The van der Waals surface area contributed by atoms with Crippen LogP contribution in [0.5, 0.6) is 0 Å². The van der Waals surface area contributed by atoms with E-state index in [4.69, 9.17) is 5.26 Å². The summed E-state index contributed by atoms with van der Waals surface area (Å²) in [6.45, 7) is 1.98. The molecule has 1 nitrogen and oxygen atoms in total. The topological polar surface area (TPSA) is 23.8 Å². The van der Waals surface area contributed by atoms with Gasteiger partial charge in [0, 0.05) is 5.57 Å². The highest BCUT2D eigenvalue weighted by Gasteiger charge is 1.86. The number of nitriles is 1. The highest BCUT2D eigenvalue weighted by molar-refractivity contribution is 5.51. The minimum Gasteiger partial charge on any atom is -0.193 e. The molecule has 1 aromatic rings. The summed E-state index contributed by atoms with van der Waals surface area (Å²) in [6, 6.07) is 12.2. The third-order valence-electron chi connectivity index (χ3n) is 1.91. The molecule has 70 valence electrons. The summed E-state index contributed by atoms with van der Waals surface area (Å²) in [4.78, 5) is 0. The van der Waals surface area contributed by atoms with Crippen LogP contribution in [0.1, 0.15) is 18.9 Å². The van der Waals surface area contributed by atoms with E-state index in [1.54, 1.807) is 0 Å². The average molecular weight is 183 g/mol. The maximum absolute atomic E-state index is 8.67. The van der Waals surface area contributed by atoms with Gasteiger partial charge in [0.1, 0.15) is 0 Å². The highest BCUT2D eigenvalue weighted by atomic mass is 14.2. The lowest BCUT2D eigenvalue weighted by molar-refractivity contribution is 1.15. The van der Waals surface area contributed by atoms with Gasteiger partial charge in [0.25, 0.3) is 0 Å². The molecule has 0 aliphatic rings. The lowest BCUT2D eigenvalue weighted by atomic mass is 10.2. The van der Waals surface area contributed by atoms with Crippen molar-refractivity contribution in [3.63, 3.8) is 0 Å². The summed E-state index contributed by atoms with van der Waals surface area (Å²) in [5, 5.41) is 8.67. The van der Waals surface area contributed by atoms with E-state index in [0.29, 0.717) is 0 Å². The van der Waals surface area contributed by atoms with Crippen molar-refractivity contribution in [2.24, 2.45) is 0 Å². The Kier molecular flexibility index (Phi) is 4.23. The number of hydrogen-bond donors (Lipinski definition) is 0. The van der Waals surface area contributed by atoms with Crippen molar-refractivity contribution < 1.29 is 0 Å². The first-order chi connectivity index (χ1) is 6.86. The van der Waals surface area contributed by atoms with E-state index in [0.717, 1.165) is 17.6 Å². The molecule has 0 radical (unpaired) electrons. The summed E-state index contributed by atoms with van der Waals surface area (Å²) in [6.07, 6.45) is 6.55. The zero-order valence-electron chi connectivity index (χ0n) is 8.27. The quantitative estimate of drug-likeness (QED) is 0.519. The lowest BCUT2D eigenvalue weighted by Crippen LogP contribution is -1.72. The van der Waals surface area contributed by atoms with Crippen LogP contribution in [0.15, 0.2) is 48.1 Å². The van der Waals surface area contributed by atoms with Gasteiger partial charge >= 0.3 is 0 Å². The van der Waals surface area contributed by atoms with Crippen molar-refractivity contribution in [2.75, 3.05) is 0 Å². The average Bonchev–Trinajstić information content (AvgIpc) is 2.26. The van der Waals surface area contributed by atoms with Gasteiger partial charge in [0.2, 0.25) is 0 Å². The van der Waals surface area contributed by atoms with Gasteiger partial charge in [-0.2, -0.15) is 5.26 Å². The van der Waals surface area contributed by atoms with Crippen molar-refractivity contribution in [2.45, 2.75) is 13.3 Å². The molecule has 0 aromatic heterocycles. The Morgan fingerprint density at radius 3 is 2.64 bits per heavy atom. The van der Waals surface area contributed by atoms with Gasteiger partial charge in [-0.3, -0.25) is 0 Å². The van der Waals surface area contributed by atoms with Crippen LogP contribution in [0.25, 0.3) is 6.08 Å². The second-order valence-electron chi connectivity index (χ2n) is 2.93. The lowest BCUT2D eigenvalue weighted by Gasteiger charge is -1.89. The van der Waals surface area contributed by atoms with Crippen LogP contribution >= 0.6 is 0 Å². The number of allylic oxidation sites excluding steroid dienone is 3. The fourth-order valence-corrected chi connectivity index (χ4v) is 1.07. The highest BCUT2D eigenvalue weighted by Crippen LogP contribution is 2.03. The second-order valence-corrected chi connectivity index (χ2v) is 2.93. The molecule has 0 spiro atoms. The first-order valence-corrected chi connectivity index (χ1v) is 4.69. The summed E-state index contributed by atoms with van der Waals surface area (Å²) < 4.78 is 0. The molecule has 0 bridgehead atoms. The van der Waals surface area contributed by atoms with Crippen molar-refractivity contribution in [3.8, 4) is 6.07 Å². The maximum atomic E-state index is 8.67.